The lowest BCUT2D eigenvalue weighted by atomic mass is 10.2. The first-order chi connectivity index (χ1) is 12.6. The normalized spacial score (nSPS) is 16.2. The zero-order valence-corrected chi connectivity index (χ0v) is 15.5. The lowest BCUT2D eigenvalue weighted by Crippen LogP contribution is -2.37. The maximum absolute atomic E-state index is 12.3. The molecule has 2 aromatic heterocycles. The molecule has 1 saturated heterocycles. The minimum absolute atomic E-state index is 0.0623. The Bertz CT molecular complexity index is 979. The van der Waals surface area contributed by atoms with Gasteiger partial charge in [0.1, 0.15) is 5.82 Å². The molecule has 4 rings (SSSR count). The molecule has 9 heteroatoms. The van der Waals surface area contributed by atoms with Crippen LogP contribution in [-0.4, -0.2) is 51.0 Å². The van der Waals surface area contributed by atoms with Gasteiger partial charge in [-0.05, 0) is 19.1 Å². The molecule has 1 unspecified atom stereocenters. The third-order valence-electron chi connectivity index (χ3n) is 4.40. The van der Waals surface area contributed by atoms with Crippen LogP contribution in [0.1, 0.15) is 18.0 Å². The standard InChI is InChI=1S/C17H20N6O2S/c1-11(14-18-13-6-4-3-5-12(13)15(24)19-14)26-17-21-20-16(22(17)2)23-7-9-25-10-8-23/h3-6,11H,7-10H2,1-2H3,(H,18,19,24). The molecule has 1 aliphatic heterocycles. The van der Waals surface area contributed by atoms with E-state index >= 15 is 0 Å². The van der Waals surface area contributed by atoms with Crippen molar-refractivity contribution in [2.75, 3.05) is 31.2 Å². The lowest BCUT2D eigenvalue weighted by molar-refractivity contribution is 0.121. The van der Waals surface area contributed by atoms with E-state index in [-0.39, 0.29) is 10.8 Å². The molecule has 0 aliphatic carbocycles. The van der Waals surface area contributed by atoms with Crippen LogP contribution in [0.3, 0.4) is 0 Å². The fraction of sp³-hybridized carbons (Fsp3) is 0.412. The largest absolute Gasteiger partial charge is 0.378 e. The average Bonchev–Trinajstić information content (AvgIpc) is 3.03. The van der Waals surface area contributed by atoms with Crippen molar-refractivity contribution in [2.24, 2.45) is 7.05 Å². The summed E-state index contributed by atoms with van der Waals surface area (Å²) in [5.41, 5.74) is 0.579. The molecule has 1 fully saturated rings. The van der Waals surface area contributed by atoms with Crippen LogP contribution in [0.25, 0.3) is 10.9 Å². The van der Waals surface area contributed by atoms with Crippen molar-refractivity contribution in [3.63, 3.8) is 0 Å². The second-order valence-corrected chi connectivity index (χ2v) is 7.48. The van der Waals surface area contributed by atoms with Gasteiger partial charge in [-0.25, -0.2) is 4.98 Å². The Hall–Kier alpha value is -2.39. The van der Waals surface area contributed by atoms with Crippen molar-refractivity contribution >= 4 is 28.6 Å². The highest BCUT2D eigenvalue weighted by Crippen LogP contribution is 2.33. The number of hydrogen-bond donors (Lipinski definition) is 1. The molecule has 0 amide bonds. The smallest absolute Gasteiger partial charge is 0.258 e. The minimum Gasteiger partial charge on any atom is -0.378 e. The zero-order chi connectivity index (χ0) is 18.1. The Morgan fingerprint density at radius 2 is 2.00 bits per heavy atom. The van der Waals surface area contributed by atoms with Gasteiger partial charge in [-0.2, -0.15) is 0 Å². The Morgan fingerprint density at radius 1 is 1.23 bits per heavy atom. The molecule has 3 aromatic rings. The number of thioether (sulfide) groups is 1. The Morgan fingerprint density at radius 3 is 2.81 bits per heavy atom. The Labute approximate surface area is 154 Å². The summed E-state index contributed by atoms with van der Waals surface area (Å²) >= 11 is 1.52. The average molecular weight is 372 g/mol. The molecule has 3 heterocycles. The van der Waals surface area contributed by atoms with Gasteiger partial charge in [0, 0.05) is 20.1 Å². The summed E-state index contributed by atoms with van der Waals surface area (Å²) in [5.74, 6) is 1.47. The first-order valence-electron chi connectivity index (χ1n) is 8.51. The van der Waals surface area contributed by atoms with E-state index in [1.807, 2.05) is 36.7 Å². The number of ether oxygens (including phenoxy) is 1. The monoisotopic (exact) mass is 372 g/mol. The molecule has 1 aliphatic rings. The Balaban J connectivity index is 1.58. The summed E-state index contributed by atoms with van der Waals surface area (Å²) in [6.07, 6.45) is 0. The SMILES string of the molecule is CC(Sc1nnc(N2CCOCC2)n1C)c1nc2ccccc2c(=O)[nH]1. The number of benzene rings is 1. The predicted molar refractivity (Wildman–Crippen MR) is 101 cm³/mol. The number of aromatic nitrogens is 5. The number of para-hydroxylation sites is 1. The summed E-state index contributed by atoms with van der Waals surface area (Å²) < 4.78 is 7.37. The van der Waals surface area contributed by atoms with Gasteiger partial charge in [0.05, 0.1) is 29.4 Å². The summed E-state index contributed by atoms with van der Waals surface area (Å²) in [5, 5.41) is 9.96. The van der Waals surface area contributed by atoms with Gasteiger partial charge >= 0.3 is 0 Å². The maximum atomic E-state index is 12.3. The predicted octanol–water partition coefficient (Wildman–Crippen LogP) is 1.74. The molecule has 0 saturated carbocycles. The number of nitrogens with zero attached hydrogens (tertiary/aromatic N) is 5. The van der Waals surface area contributed by atoms with E-state index in [9.17, 15) is 4.79 Å². The van der Waals surface area contributed by atoms with E-state index in [1.165, 1.54) is 11.8 Å². The first-order valence-corrected chi connectivity index (χ1v) is 9.39. The van der Waals surface area contributed by atoms with E-state index in [0.29, 0.717) is 29.9 Å². The quantitative estimate of drug-likeness (QED) is 0.698. The fourth-order valence-electron chi connectivity index (χ4n) is 2.96. The number of morpholine rings is 1. The van der Waals surface area contributed by atoms with Crippen LogP contribution < -0.4 is 10.5 Å². The van der Waals surface area contributed by atoms with Gasteiger partial charge in [-0.15, -0.1) is 10.2 Å². The lowest BCUT2D eigenvalue weighted by Gasteiger charge is -2.27. The highest BCUT2D eigenvalue weighted by molar-refractivity contribution is 7.99. The Kier molecular flexibility index (Phi) is 4.64. The van der Waals surface area contributed by atoms with Gasteiger partial charge in [0.2, 0.25) is 5.95 Å². The molecule has 136 valence electrons. The third-order valence-corrected chi connectivity index (χ3v) is 5.55. The highest BCUT2D eigenvalue weighted by atomic mass is 32.2. The second-order valence-electron chi connectivity index (χ2n) is 6.17. The molecule has 0 bridgehead atoms. The van der Waals surface area contributed by atoms with E-state index in [1.54, 1.807) is 6.07 Å². The molecule has 1 atom stereocenters. The molecule has 0 spiro atoms. The first kappa shape index (κ1) is 17.0. The number of fused-ring (bicyclic) bond motifs is 1. The van der Waals surface area contributed by atoms with Crippen molar-refractivity contribution in [3.05, 3.63) is 40.4 Å². The summed E-state index contributed by atoms with van der Waals surface area (Å²) in [4.78, 5) is 21.9. The van der Waals surface area contributed by atoms with E-state index < -0.39 is 0 Å². The van der Waals surface area contributed by atoms with Crippen LogP contribution in [0, 0.1) is 0 Å². The fourth-order valence-corrected chi connectivity index (χ4v) is 3.83. The molecular formula is C17H20N6O2S. The number of H-pyrrole nitrogens is 1. The van der Waals surface area contributed by atoms with Crippen molar-refractivity contribution in [3.8, 4) is 0 Å². The summed E-state index contributed by atoms with van der Waals surface area (Å²) in [6.45, 7) is 5.03. The number of nitrogens with one attached hydrogen (secondary N) is 1. The van der Waals surface area contributed by atoms with Gasteiger partial charge in [0.15, 0.2) is 5.16 Å². The number of rotatable bonds is 4. The van der Waals surface area contributed by atoms with Crippen molar-refractivity contribution in [2.45, 2.75) is 17.3 Å². The van der Waals surface area contributed by atoms with E-state index in [4.69, 9.17) is 4.74 Å². The number of anilines is 1. The van der Waals surface area contributed by atoms with Gasteiger partial charge in [0.25, 0.3) is 5.56 Å². The molecule has 26 heavy (non-hydrogen) atoms. The summed E-state index contributed by atoms with van der Waals surface area (Å²) in [7, 11) is 1.95. The molecule has 0 radical (unpaired) electrons. The topological polar surface area (TPSA) is 88.9 Å². The van der Waals surface area contributed by atoms with E-state index in [2.05, 4.69) is 25.1 Å². The van der Waals surface area contributed by atoms with Gasteiger partial charge in [-0.1, -0.05) is 23.9 Å². The van der Waals surface area contributed by atoms with Crippen molar-refractivity contribution < 1.29 is 4.74 Å². The van der Waals surface area contributed by atoms with Crippen LogP contribution in [0.4, 0.5) is 5.95 Å². The molecule has 1 N–H and O–H groups in total. The van der Waals surface area contributed by atoms with Crippen LogP contribution in [0.15, 0.2) is 34.2 Å². The number of aromatic amines is 1. The van der Waals surface area contributed by atoms with Gasteiger partial charge in [-0.3, -0.25) is 9.36 Å². The van der Waals surface area contributed by atoms with Crippen molar-refractivity contribution in [1.29, 1.82) is 0 Å². The van der Waals surface area contributed by atoms with Gasteiger partial charge < -0.3 is 14.6 Å². The zero-order valence-electron chi connectivity index (χ0n) is 14.7. The van der Waals surface area contributed by atoms with Crippen molar-refractivity contribution in [1.82, 2.24) is 24.7 Å². The molecule has 8 nitrogen and oxygen atoms in total. The van der Waals surface area contributed by atoms with Crippen LogP contribution in [-0.2, 0) is 11.8 Å². The third kappa shape index (κ3) is 3.19. The highest BCUT2D eigenvalue weighted by Gasteiger charge is 2.21. The summed E-state index contributed by atoms with van der Waals surface area (Å²) in [6, 6.07) is 7.35. The van der Waals surface area contributed by atoms with E-state index in [0.717, 1.165) is 24.2 Å². The van der Waals surface area contributed by atoms with Crippen LogP contribution >= 0.6 is 11.8 Å². The molecule has 1 aromatic carbocycles. The maximum Gasteiger partial charge on any atom is 0.258 e. The second kappa shape index (κ2) is 7.08. The van der Waals surface area contributed by atoms with Crippen LogP contribution in [0.5, 0.6) is 0 Å². The molecular weight excluding hydrogens is 352 g/mol. The van der Waals surface area contributed by atoms with Crippen LogP contribution in [0.2, 0.25) is 0 Å². The number of hydrogen-bond acceptors (Lipinski definition) is 7. The minimum atomic E-state index is -0.120.